The Morgan fingerprint density at radius 1 is 1.41 bits per heavy atom. The summed E-state index contributed by atoms with van der Waals surface area (Å²) in [7, 11) is 0. The third kappa shape index (κ3) is 5.52. The molecule has 1 aromatic carbocycles. The second kappa shape index (κ2) is 9.38. The SMILES string of the molecule is C#Cc1cnc2c(C)cc(OC(SC)C(=O)/C=C/CC(C)(C)C3=NOC(C)(C)C3)cc2c1. The molecule has 0 aliphatic carbocycles. The van der Waals surface area contributed by atoms with Gasteiger partial charge in [-0.2, -0.15) is 0 Å². The van der Waals surface area contributed by atoms with Gasteiger partial charge in [0.05, 0.1) is 11.2 Å². The van der Waals surface area contributed by atoms with Gasteiger partial charge in [0, 0.05) is 29.0 Å². The standard InChI is InChI=1S/C26H30N2O3S/c1-8-18-13-19-14-20(12-17(2)23(19)27-16-18)30-24(32-7)21(29)10-9-11-25(3,4)22-15-26(5,6)31-28-22/h1,9-10,12-14,16,24H,11,15H2,2-7H3/b10-9+. The van der Waals surface area contributed by atoms with Crippen LogP contribution < -0.4 is 4.74 Å². The molecule has 2 aromatic rings. The molecule has 1 aliphatic rings. The van der Waals surface area contributed by atoms with Crippen LogP contribution in [-0.4, -0.2) is 33.8 Å². The molecule has 2 heterocycles. The lowest BCUT2D eigenvalue weighted by Crippen LogP contribution is -2.27. The minimum atomic E-state index is -0.638. The number of aromatic nitrogens is 1. The van der Waals surface area contributed by atoms with E-state index in [2.05, 4.69) is 29.9 Å². The first-order chi connectivity index (χ1) is 15.0. The van der Waals surface area contributed by atoms with Crippen molar-refractivity contribution >= 4 is 34.2 Å². The highest BCUT2D eigenvalue weighted by atomic mass is 32.2. The number of benzene rings is 1. The lowest BCUT2D eigenvalue weighted by atomic mass is 9.80. The number of terminal acetylenes is 1. The minimum Gasteiger partial charge on any atom is -0.471 e. The molecule has 0 radical (unpaired) electrons. The maximum atomic E-state index is 12.8. The van der Waals surface area contributed by atoms with Crippen molar-refractivity contribution in [1.82, 2.24) is 4.98 Å². The minimum absolute atomic E-state index is 0.0912. The summed E-state index contributed by atoms with van der Waals surface area (Å²) in [6, 6.07) is 5.67. The Bertz CT molecular complexity index is 1130. The fourth-order valence-corrected chi connectivity index (χ4v) is 4.08. The number of thioether (sulfide) groups is 1. The van der Waals surface area contributed by atoms with Crippen LogP contribution in [0.1, 0.15) is 51.7 Å². The number of ether oxygens (including phenoxy) is 1. The molecule has 0 bridgehead atoms. The zero-order valence-electron chi connectivity index (χ0n) is 19.6. The topological polar surface area (TPSA) is 60.8 Å². The molecule has 6 heteroatoms. The van der Waals surface area contributed by atoms with Crippen molar-refractivity contribution in [2.45, 2.75) is 58.5 Å². The number of fused-ring (bicyclic) bond motifs is 1. The average Bonchev–Trinajstić information content (AvgIpc) is 3.12. The summed E-state index contributed by atoms with van der Waals surface area (Å²) in [6.45, 7) is 10.2. The number of allylic oxidation sites excluding steroid dienone is 1. The Kier molecular flexibility index (Phi) is 7.00. The molecular weight excluding hydrogens is 420 g/mol. The van der Waals surface area contributed by atoms with Crippen LogP contribution in [0, 0.1) is 24.7 Å². The van der Waals surface area contributed by atoms with Crippen LogP contribution in [0.2, 0.25) is 0 Å². The van der Waals surface area contributed by atoms with Gasteiger partial charge in [-0.1, -0.05) is 31.0 Å². The molecule has 168 valence electrons. The van der Waals surface area contributed by atoms with E-state index in [0.717, 1.165) is 28.6 Å². The summed E-state index contributed by atoms with van der Waals surface area (Å²) in [5, 5.41) is 5.15. The number of hydrogen-bond acceptors (Lipinski definition) is 6. The Balaban J connectivity index is 1.69. The molecule has 3 rings (SSSR count). The van der Waals surface area contributed by atoms with Gasteiger partial charge in [-0.15, -0.1) is 18.2 Å². The summed E-state index contributed by atoms with van der Waals surface area (Å²) in [4.78, 5) is 22.7. The highest BCUT2D eigenvalue weighted by Gasteiger charge is 2.36. The lowest BCUT2D eigenvalue weighted by molar-refractivity contribution is -0.117. The van der Waals surface area contributed by atoms with Crippen LogP contribution in [0.4, 0.5) is 0 Å². The van der Waals surface area contributed by atoms with E-state index in [4.69, 9.17) is 16.0 Å². The molecule has 1 atom stereocenters. The van der Waals surface area contributed by atoms with Crippen LogP contribution in [0.15, 0.2) is 41.7 Å². The first-order valence-electron chi connectivity index (χ1n) is 10.6. The van der Waals surface area contributed by atoms with E-state index in [9.17, 15) is 4.79 Å². The number of carbonyl (C=O) groups excluding carboxylic acids is 1. The Labute approximate surface area is 194 Å². The van der Waals surface area contributed by atoms with E-state index in [1.807, 2.05) is 51.3 Å². The number of ketones is 1. The second-order valence-corrected chi connectivity index (χ2v) is 10.2. The molecule has 1 aliphatic heterocycles. The average molecular weight is 451 g/mol. The predicted molar refractivity (Wildman–Crippen MR) is 132 cm³/mol. The van der Waals surface area contributed by atoms with Crippen molar-refractivity contribution in [2.24, 2.45) is 10.6 Å². The maximum absolute atomic E-state index is 12.8. The van der Waals surface area contributed by atoms with Crippen molar-refractivity contribution in [3.63, 3.8) is 0 Å². The quantitative estimate of drug-likeness (QED) is 0.294. The van der Waals surface area contributed by atoms with E-state index in [-0.39, 0.29) is 16.8 Å². The number of pyridine rings is 1. The summed E-state index contributed by atoms with van der Waals surface area (Å²) in [6.07, 6.45) is 14.0. The fourth-order valence-electron chi connectivity index (χ4n) is 3.57. The molecule has 1 unspecified atom stereocenters. The van der Waals surface area contributed by atoms with Gasteiger partial charge in [-0.3, -0.25) is 9.78 Å². The van der Waals surface area contributed by atoms with E-state index in [1.54, 1.807) is 12.3 Å². The van der Waals surface area contributed by atoms with Crippen molar-refractivity contribution in [2.75, 3.05) is 6.26 Å². The van der Waals surface area contributed by atoms with Crippen molar-refractivity contribution < 1.29 is 14.4 Å². The molecular formula is C26H30N2O3S. The van der Waals surface area contributed by atoms with E-state index < -0.39 is 5.44 Å². The number of oxime groups is 1. The molecule has 5 nitrogen and oxygen atoms in total. The molecule has 32 heavy (non-hydrogen) atoms. The van der Waals surface area contributed by atoms with E-state index >= 15 is 0 Å². The first-order valence-corrected chi connectivity index (χ1v) is 11.9. The van der Waals surface area contributed by atoms with E-state index in [0.29, 0.717) is 17.7 Å². The third-order valence-corrected chi connectivity index (χ3v) is 6.25. The van der Waals surface area contributed by atoms with Gasteiger partial charge in [-0.05, 0) is 63.3 Å². The van der Waals surface area contributed by atoms with Crippen LogP contribution in [-0.2, 0) is 9.63 Å². The number of rotatable bonds is 8. The smallest absolute Gasteiger partial charge is 0.206 e. The zero-order chi connectivity index (χ0) is 23.5. The van der Waals surface area contributed by atoms with Crippen molar-refractivity contribution in [1.29, 1.82) is 0 Å². The molecule has 0 fully saturated rings. The largest absolute Gasteiger partial charge is 0.471 e. The monoisotopic (exact) mass is 450 g/mol. The fraction of sp³-hybridized carbons (Fsp3) is 0.423. The van der Waals surface area contributed by atoms with Gasteiger partial charge in [0.15, 0.2) is 0 Å². The normalized spacial score (nSPS) is 16.5. The zero-order valence-corrected chi connectivity index (χ0v) is 20.4. The number of nitrogens with zero attached hydrogens (tertiary/aromatic N) is 2. The Morgan fingerprint density at radius 3 is 2.78 bits per heavy atom. The van der Waals surface area contributed by atoms with Crippen molar-refractivity contribution in [3.05, 3.63) is 47.7 Å². The van der Waals surface area contributed by atoms with Crippen LogP contribution in [0.3, 0.4) is 0 Å². The molecule has 0 amide bonds. The Hall–Kier alpha value is -2.78. The number of carbonyl (C=O) groups is 1. The highest BCUT2D eigenvalue weighted by Crippen LogP contribution is 2.34. The molecule has 0 saturated heterocycles. The summed E-state index contributed by atoms with van der Waals surface area (Å²) in [5.41, 5.74) is 2.47. The number of aryl methyl sites for hydroxylation is 1. The second-order valence-electron chi connectivity index (χ2n) is 9.32. The van der Waals surface area contributed by atoms with Gasteiger partial charge >= 0.3 is 0 Å². The predicted octanol–water partition coefficient (Wildman–Crippen LogP) is 5.69. The van der Waals surface area contributed by atoms with Gasteiger partial charge < -0.3 is 9.57 Å². The maximum Gasteiger partial charge on any atom is 0.206 e. The third-order valence-electron chi connectivity index (χ3n) is 5.49. The van der Waals surface area contributed by atoms with Crippen LogP contribution >= 0.6 is 11.8 Å². The highest BCUT2D eigenvalue weighted by molar-refractivity contribution is 7.99. The number of hydrogen-bond donors (Lipinski definition) is 0. The first kappa shape index (κ1) is 23.9. The van der Waals surface area contributed by atoms with Gasteiger partial charge in [0.1, 0.15) is 11.4 Å². The molecule has 1 aromatic heterocycles. The van der Waals surface area contributed by atoms with Gasteiger partial charge in [-0.25, -0.2) is 0 Å². The lowest BCUT2D eigenvalue weighted by Gasteiger charge is -2.23. The van der Waals surface area contributed by atoms with E-state index in [1.165, 1.54) is 11.8 Å². The van der Waals surface area contributed by atoms with Gasteiger partial charge in [0.2, 0.25) is 11.2 Å². The molecule has 0 N–H and O–H groups in total. The Morgan fingerprint density at radius 2 is 2.16 bits per heavy atom. The van der Waals surface area contributed by atoms with Crippen LogP contribution in [0.5, 0.6) is 5.75 Å². The summed E-state index contributed by atoms with van der Waals surface area (Å²) >= 11 is 1.36. The molecule has 0 saturated carbocycles. The summed E-state index contributed by atoms with van der Waals surface area (Å²) < 4.78 is 6.04. The van der Waals surface area contributed by atoms with Gasteiger partial charge in [0.25, 0.3) is 0 Å². The molecule has 0 spiro atoms. The van der Waals surface area contributed by atoms with Crippen LogP contribution in [0.25, 0.3) is 10.9 Å². The van der Waals surface area contributed by atoms with Crippen molar-refractivity contribution in [3.8, 4) is 18.1 Å². The summed E-state index contributed by atoms with van der Waals surface area (Å²) in [5.74, 6) is 3.13.